The van der Waals surface area contributed by atoms with Gasteiger partial charge < -0.3 is 13.8 Å². The van der Waals surface area contributed by atoms with Gasteiger partial charge in [0.2, 0.25) is 0 Å². The molecule has 0 spiro atoms. The molecule has 1 heterocycles. The van der Waals surface area contributed by atoms with E-state index < -0.39 is 13.3 Å². The van der Waals surface area contributed by atoms with Crippen molar-refractivity contribution in [3.05, 3.63) is 127 Å². The zero-order chi connectivity index (χ0) is 24.6. The molecule has 1 atom stereocenters. The molecule has 1 aromatic heterocycles. The summed E-state index contributed by atoms with van der Waals surface area (Å²) < 4.78 is 33.8. The molecule has 0 aliphatic carbocycles. The Morgan fingerprint density at radius 3 is 1.80 bits per heavy atom. The normalized spacial score (nSPS) is 13.2. The molecule has 4 rings (SSSR count). The van der Waals surface area contributed by atoms with E-state index in [0.717, 1.165) is 11.3 Å². The quantitative estimate of drug-likeness (QED) is 0.223. The number of rotatable bonds is 11. The van der Waals surface area contributed by atoms with Crippen molar-refractivity contribution in [1.29, 1.82) is 0 Å². The predicted octanol–water partition coefficient (Wildman–Crippen LogP) is 6.56. The van der Waals surface area contributed by atoms with Gasteiger partial charge >= 0.3 is 7.75 Å². The lowest BCUT2D eigenvalue weighted by molar-refractivity contribution is -0.0109. The number of likely N-dealkylation sites (N-methyl/N-ethyl adjacent to an activating group) is 1. The lowest BCUT2D eigenvalue weighted by atomic mass is 9.91. The van der Waals surface area contributed by atoms with Crippen LogP contribution in [0.3, 0.4) is 0 Å². The van der Waals surface area contributed by atoms with Crippen LogP contribution in [0.5, 0.6) is 11.5 Å². The highest BCUT2D eigenvalue weighted by Gasteiger charge is 2.36. The van der Waals surface area contributed by atoms with Crippen molar-refractivity contribution in [2.75, 3.05) is 20.2 Å². The standard InChI is InChI=1S/C28H29N2O4P/c1-28(24-14-6-3-7-15-24,27-20-12-13-21-29-27)32-23-22-30(2)35(31,33-25-16-8-4-9-17-25)34-26-18-10-5-11-19-26/h3-21H,22-23H2,1-2H3. The largest absolute Gasteiger partial charge is 0.515 e. The minimum absolute atomic E-state index is 0.263. The van der Waals surface area contributed by atoms with Crippen LogP contribution in [-0.2, 0) is 14.9 Å². The Kier molecular flexibility index (Phi) is 7.98. The first-order valence-electron chi connectivity index (χ1n) is 11.4. The fourth-order valence-corrected chi connectivity index (χ4v) is 5.02. The Labute approximate surface area is 206 Å². The summed E-state index contributed by atoms with van der Waals surface area (Å²) in [4.78, 5) is 4.54. The van der Waals surface area contributed by atoms with E-state index in [2.05, 4.69) is 4.98 Å². The molecule has 0 saturated carbocycles. The second kappa shape index (κ2) is 11.3. The first-order chi connectivity index (χ1) is 17.0. The molecule has 3 aromatic carbocycles. The van der Waals surface area contributed by atoms with E-state index in [9.17, 15) is 4.57 Å². The Hall–Kier alpha value is -3.44. The molecule has 0 amide bonds. The molecule has 6 nitrogen and oxygen atoms in total. The minimum atomic E-state index is -3.74. The molecule has 0 bridgehead atoms. The predicted molar refractivity (Wildman–Crippen MR) is 137 cm³/mol. The third-order valence-electron chi connectivity index (χ3n) is 5.63. The lowest BCUT2D eigenvalue weighted by Crippen LogP contribution is -2.33. The molecule has 0 aliphatic heterocycles. The highest BCUT2D eigenvalue weighted by atomic mass is 31.2. The van der Waals surface area contributed by atoms with Gasteiger partial charge in [0.1, 0.15) is 17.1 Å². The number of hydrogen-bond donors (Lipinski definition) is 0. The van der Waals surface area contributed by atoms with Crippen molar-refractivity contribution in [3.8, 4) is 11.5 Å². The van der Waals surface area contributed by atoms with Crippen molar-refractivity contribution in [3.63, 3.8) is 0 Å². The van der Waals surface area contributed by atoms with E-state index in [0.29, 0.717) is 18.0 Å². The summed E-state index contributed by atoms with van der Waals surface area (Å²) in [7, 11) is -2.04. The van der Waals surface area contributed by atoms with Gasteiger partial charge in [0, 0.05) is 12.7 Å². The van der Waals surface area contributed by atoms with Gasteiger partial charge in [0.05, 0.1) is 12.3 Å². The third-order valence-corrected chi connectivity index (χ3v) is 7.55. The molecule has 0 N–H and O–H groups in total. The van der Waals surface area contributed by atoms with Crippen LogP contribution in [-0.4, -0.2) is 29.9 Å². The van der Waals surface area contributed by atoms with Crippen LogP contribution in [0.4, 0.5) is 0 Å². The highest BCUT2D eigenvalue weighted by molar-refractivity contribution is 7.52. The van der Waals surface area contributed by atoms with Gasteiger partial charge in [0.25, 0.3) is 0 Å². The van der Waals surface area contributed by atoms with Gasteiger partial charge in [-0.15, -0.1) is 0 Å². The van der Waals surface area contributed by atoms with E-state index in [1.165, 1.54) is 0 Å². The maximum atomic E-state index is 14.0. The number of hydrogen-bond acceptors (Lipinski definition) is 5. The first kappa shape index (κ1) is 24.7. The fourth-order valence-electron chi connectivity index (χ4n) is 3.60. The van der Waals surface area contributed by atoms with Crippen LogP contribution >= 0.6 is 7.75 Å². The summed E-state index contributed by atoms with van der Waals surface area (Å²) in [5.41, 5.74) is 0.984. The number of aromatic nitrogens is 1. The summed E-state index contributed by atoms with van der Waals surface area (Å²) in [5.74, 6) is 0.921. The molecular weight excluding hydrogens is 459 g/mol. The molecular formula is C28H29N2O4P. The fraction of sp³-hybridized carbons (Fsp3) is 0.179. The van der Waals surface area contributed by atoms with Crippen molar-refractivity contribution in [1.82, 2.24) is 9.65 Å². The van der Waals surface area contributed by atoms with E-state index in [-0.39, 0.29) is 6.61 Å². The molecule has 35 heavy (non-hydrogen) atoms. The number of pyridine rings is 1. The summed E-state index contributed by atoms with van der Waals surface area (Å²) in [6, 6.07) is 33.7. The monoisotopic (exact) mass is 488 g/mol. The van der Waals surface area contributed by atoms with Gasteiger partial charge in [-0.05, 0) is 55.9 Å². The number of para-hydroxylation sites is 2. The minimum Gasteiger partial charge on any atom is -0.404 e. The maximum absolute atomic E-state index is 14.0. The number of ether oxygens (including phenoxy) is 1. The van der Waals surface area contributed by atoms with E-state index in [1.54, 1.807) is 42.2 Å². The van der Waals surface area contributed by atoms with Crippen molar-refractivity contribution >= 4 is 7.75 Å². The Morgan fingerprint density at radius 2 is 1.29 bits per heavy atom. The summed E-state index contributed by atoms with van der Waals surface area (Å²) >= 11 is 0. The van der Waals surface area contributed by atoms with Crippen LogP contribution in [0.1, 0.15) is 18.2 Å². The summed E-state index contributed by atoms with van der Waals surface area (Å²) in [6.45, 7) is 2.55. The number of benzene rings is 3. The average molecular weight is 489 g/mol. The third kappa shape index (κ3) is 6.17. The van der Waals surface area contributed by atoms with Crippen LogP contribution in [0.25, 0.3) is 0 Å². The molecule has 0 fully saturated rings. The molecule has 7 heteroatoms. The molecule has 1 unspecified atom stereocenters. The Morgan fingerprint density at radius 1 is 0.771 bits per heavy atom. The van der Waals surface area contributed by atoms with Crippen LogP contribution < -0.4 is 9.05 Å². The molecule has 4 aromatic rings. The van der Waals surface area contributed by atoms with Gasteiger partial charge in [0.15, 0.2) is 0 Å². The van der Waals surface area contributed by atoms with E-state index in [4.69, 9.17) is 13.8 Å². The number of nitrogens with zero attached hydrogens (tertiary/aromatic N) is 2. The second-order valence-corrected chi connectivity index (χ2v) is 10.1. The van der Waals surface area contributed by atoms with Crippen LogP contribution in [0.2, 0.25) is 0 Å². The Balaban J connectivity index is 1.53. The van der Waals surface area contributed by atoms with E-state index >= 15 is 0 Å². The molecule has 0 aliphatic rings. The smallest absolute Gasteiger partial charge is 0.404 e. The van der Waals surface area contributed by atoms with Crippen molar-refractivity contribution in [2.45, 2.75) is 12.5 Å². The lowest BCUT2D eigenvalue weighted by Gasteiger charge is -2.32. The van der Waals surface area contributed by atoms with Gasteiger partial charge in [-0.2, -0.15) is 4.67 Å². The summed E-state index contributed by atoms with van der Waals surface area (Å²) in [5, 5.41) is 0. The second-order valence-electron chi connectivity index (χ2n) is 8.12. The van der Waals surface area contributed by atoms with E-state index in [1.807, 2.05) is 91.9 Å². The van der Waals surface area contributed by atoms with Crippen LogP contribution in [0, 0.1) is 0 Å². The topological polar surface area (TPSA) is 60.9 Å². The first-order valence-corrected chi connectivity index (χ1v) is 12.9. The van der Waals surface area contributed by atoms with Crippen molar-refractivity contribution < 1.29 is 18.3 Å². The van der Waals surface area contributed by atoms with Gasteiger partial charge in [-0.1, -0.05) is 72.8 Å². The molecule has 0 saturated heterocycles. The maximum Gasteiger partial charge on any atom is 0.515 e. The zero-order valence-corrected chi connectivity index (χ0v) is 20.8. The average Bonchev–Trinajstić information content (AvgIpc) is 2.90. The van der Waals surface area contributed by atoms with Crippen molar-refractivity contribution in [2.24, 2.45) is 0 Å². The zero-order valence-electron chi connectivity index (χ0n) is 19.9. The van der Waals surface area contributed by atoms with Gasteiger partial charge in [-0.3, -0.25) is 4.98 Å². The SMILES string of the molecule is CN(CCOC(C)(c1ccccc1)c1ccccn1)P(=O)(Oc1ccccc1)Oc1ccccc1. The molecule has 180 valence electrons. The Bertz CT molecular complexity index is 1140. The molecule has 0 radical (unpaired) electrons. The van der Waals surface area contributed by atoms with Gasteiger partial charge in [-0.25, -0.2) is 4.57 Å². The van der Waals surface area contributed by atoms with Crippen LogP contribution in [0.15, 0.2) is 115 Å². The highest BCUT2D eigenvalue weighted by Crippen LogP contribution is 2.50. The summed E-state index contributed by atoms with van der Waals surface area (Å²) in [6.07, 6.45) is 1.75.